The van der Waals surface area contributed by atoms with Crippen molar-refractivity contribution < 1.29 is 4.74 Å². The van der Waals surface area contributed by atoms with E-state index in [1.54, 1.807) is 22.9 Å². The van der Waals surface area contributed by atoms with Gasteiger partial charge in [-0.1, -0.05) is 23.2 Å². The van der Waals surface area contributed by atoms with Crippen molar-refractivity contribution in [2.24, 2.45) is 0 Å². The lowest BCUT2D eigenvalue weighted by molar-refractivity contribution is 0.218. The number of nitrogens with two attached hydrogens (primary N) is 1. The SMILES string of the molecule is Cc1nn(COc2ccc(Cl)cc2Cl)c(C)c1N. The van der Waals surface area contributed by atoms with Crippen LogP contribution in [0.1, 0.15) is 11.4 Å². The monoisotopic (exact) mass is 285 g/mol. The predicted molar refractivity (Wildman–Crippen MR) is 73.2 cm³/mol. The summed E-state index contributed by atoms with van der Waals surface area (Å²) in [6.45, 7) is 4.00. The number of halogens is 2. The van der Waals surface area contributed by atoms with Crippen molar-refractivity contribution in [2.75, 3.05) is 5.73 Å². The van der Waals surface area contributed by atoms with Gasteiger partial charge in [-0.2, -0.15) is 5.10 Å². The summed E-state index contributed by atoms with van der Waals surface area (Å²) in [5, 5.41) is 5.31. The second-order valence-electron chi connectivity index (χ2n) is 3.93. The van der Waals surface area contributed by atoms with Crippen LogP contribution in [0.5, 0.6) is 5.75 Å². The van der Waals surface area contributed by atoms with Gasteiger partial charge in [0.2, 0.25) is 0 Å². The Morgan fingerprint density at radius 1 is 1.33 bits per heavy atom. The number of aromatic nitrogens is 2. The van der Waals surface area contributed by atoms with Crippen LogP contribution in [0.2, 0.25) is 10.0 Å². The van der Waals surface area contributed by atoms with Gasteiger partial charge in [-0.25, -0.2) is 4.68 Å². The van der Waals surface area contributed by atoms with E-state index in [4.69, 9.17) is 33.7 Å². The second kappa shape index (κ2) is 5.08. The zero-order chi connectivity index (χ0) is 13.3. The molecule has 0 amide bonds. The van der Waals surface area contributed by atoms with Crippen LogP contribution >= 0.6 is 23.2 Å². The van der Waals surface area contributed by atoms with E-state index in [2.05, 4.69) is 5.10 Å². The second-order valence-corrected chi connectivity index (χ2v) is 4.78. The summed E-state index contributed by atoms with van der Waals surface area (Å²) in [6, 6.07) is 5.08. The molecule has 0 spiro atoms. The minimum atomic E-state index is 0.255. The van der Waals surface area contributed by atoms with Crippen LogP contribution in [-0.4, -0.2) is 9.78 Å². The van der Waals surface area contributed by atoms with Gasteiger partial charge in [-0.3, -0.25) is 0 Å². The zero-order valence-corrected chi connectivity index (χ0v) is 11.6. The van der Waals surface area contributed by atoms with Gasteiger partial charge in [0.05, 0.1) is 22.1 Å². The molecule has 1 aromatic heterocycles. The Kier molecular flexibility index (Phi) is 3.68. The summed E-state index contributed by atoms with van der Waals surface area (Å²) in [5.41, 5.74) is 8.18. The first-order valence-electron chi connectivity index (χ1n) is 5.36. The van der Waals surface area contributed by atoms with E-state index in [-0.39, 0.29) is 6.73 Å². The Bertz CT molecular complexity index is 581. The number of aryl methyl sites for hydroxylation is 1. The van der Waals surface area contributed by atoms with Crippen molar-refractivity contribution in [1.82, 2.24) is 9.78 Å². The number of benzene rings is 1. The van der Waals surface area contributed by atoms with Crippen LogP contribution in [0, 0.1) is 13.8 Å². The van der Waals surface area contributed by atoms with Crippen molar-refractivity contribution in [1.29, 1.82) is 0 Å². The van der Waals surface area contributed by atoms with E-state index in [9.17, 15) is 0 Å². The number of nitrogen functional groups attached to an aromatic ring is 1. The smallest absolute Gasteiger partial charge is 0.181 e. The van der Waals surface area contributed by atoms with Gasteiger partial charge < -0.3 is 10.5 Å². The molecular formula is C12H13Cl2N3O. The van der Waals surface area contributed by atoms with E-state index < -0.39 is 0 Å². The highest BCUT2D eigenvalue weighted by Crippen LogP contribution is 2.28. The molecule has 0 saturated carbocycles. The van der Waals surface area contributed by atoms with Crippen molar-refractivity contribution >= 4 is 28.9 Å². The third kappa shape index (κ3) is 2.54. The molecule has 0 bridgehead atoms. The molecule has 4 nitrogen and oxygen atoms in total. The summed E-state index contributed by atoms with van der Waals surface area (Å²) in [4.78, 5) is 0. The maximum absolute atomic E-state index is 6.01. The molecule has 0 aliphatic heterocycles. The molecule has 2 N–H and O–H groups in total. The minimum absolute atomic E-state index is 0.255. The molecule has 0 fully saturated rings. The topological polar surface area (TPSA) is 53.1 Å². The van der Waals surface area contributed by atoms with Crippen LogP contribution in [0.4, 0.5) is 5.69 Å². The molecule has 2 aromatic rings. The molecule has 18 heavy (non-hydrogen) atoms. The first-order valence-corrected chi connectivity index (χ1v) is 6.12. The lowest BCUT2D eigenvalue weighted by Crippen LogP contribution is -2.09. The maximum atomic E-state index is 6.01. The maximum Gasteiger partial charge on any atom is 0.181 e. The Balaban J connectivity index is 2.14. The standard InChI is InChI=1S/C12H13Cl2N3O/c1-7-12(15)8(2)17(16-7)6-18-11-4-3-9(13)5-10(11)14/h3-5H,6,15H2,1-2H3. The molecule has 1 aromatic carbocycles. The highest BCUT2D eigenvalue weighted by Gasteiger charge is 2.09. The highest BCUT2D eigenvalue weighted by molar-refractivity contribution is 6.35. The zero-order valence-electron chi connectivity index (χ0n) is 10.1. The Morgan fingerprint density at radius 3 is 2.61 bits per heavy atom. The number of nitrogens with zero attached hydrogens (tertiary/aromatic N) is 2. The molecule has 0 saturated heterocycles. The number of anilines is 1. The number of hydrogen-bond donors (Lipinski definition) is 1. The van der Waals surface area contributed by atoms with Crippen LogP contribution < -0.4 is 10.5 Å². The minimum Gasteiger partial charge on any atom is -0.470 e. The van der Waals surface area contributed by atoms with Crippen LogP contribution in [0.25, 0.3) is 0 Å². The van der Waals surface area contributed by atoms with E-state index in [1.807, 2.05) is 13.8 Å². The van der Waals surface area contributed by atoms with E-state index in [0.717, 1.165) is 11.4 Å². The molecule has 6 heteroatoms. The van der Waals surface area contributed by atoms with Crippen LogP contribution in [-0.2, 0) is 6.73 Å². The van der Waals surface area contributed by atoms with E-state index in [0.29, 0.717) is 21.5 Å². The third-order valence-electron chi connectivity index (χ3n) is 2.67. The first kappa shape index (κ1) is 13.1. The first-order chi connectivity index (χ1) is 8.49. The fourth-order valence-corrected chi connectivity index (χ4v) is 2.02. The Morgan fingerprint density at radius 2 is 2.06 bits per heavy atom. The van der Waals surface area contributed by atoms with E-state index in [1.165, 1.54) is 0 Å². The molecule has 0 aliphatic rings. The number of rotatable bonds is 3. The summed E-state index contributed by atoms with van der Waals surface area (Å²) >= 11 is 11.8. The average Bonchev–Trinajstić information content (AvgIpc) is 2.56. The van der Waals surface area contributed by atoms with Crippen LogP contribution in [0.3, 0.4) is 0 Å². The van der Waals surface area contributed by atoms with Gasteiger partial charge >= 0.3 is 0 Å². The Hall–Kier alpha value is -1.39. The van der Waals surface area contributed by atoms with E-state index >= 15 is 0 Å². The van der Waals surface area contributed by atoms with Gasteiger partial charge in [0.15, 0.2) is 6.73 Å². The fraction of sp³-hybridized carbons (Fsp3) is 0.250. The molecule has 2 rings (SSSR count). The van der Waals surface area contributed by atoms with Crippen molar-refractivity contribution in [3.63, 3.8) is 0 Å². The molecule has 0 radical (unpaired) electrons. The summed E-state index contributed by atoms with van der Waals surface area (Å²) in [5.74, 6) is 0.562. The highest BCUT2D eigenvalue weighted by atomic mass is 35.5. The van der Waals surface area contributed by atoms with Crippen molar-refractivity contribution in [3.05, 3.63) is 39.6 Å². The molecular weight excluding hydrogens is 273 g/mol. The molecule has 0 aliphatic carbocycles. The average molecular weight is 286 g/mol. The van der Waals surface area contributed by atoms with Gasteiger partial charge in [0.1, 0.15) is 5.75 Å². The van der Waals surface area contributed by atoms with Gasteiger partial charge in [0.25, 0.3) is 0 Å². The molecule has 1 heterocycles. The van der Waals surface area contributed by atoms with Crippen molar-refractivity contribution in [3.8, 4) is 5.75 Å². The Labute approximate surface area is 115 Å². The number of hydrogen-bond acceptors (Lipinski definition) is 3. The molecule has 0 atom stereocenters. The largest absolute Gasteiger partial charge is 0.470 e. The summed E-state index contributed by atoms with van der Waals surface area (Å²) < 4.78 is 7.27. The fourth-order valence-electron chi connectivity index (χ4n) is 1.56. The molecule has 96 valence electrons. The quantitative estimate of drug-likeness (QED) is 0.940. The van der Waals surface area contributed by atoms with Crippen LogP contribution in [0.15, 0.2) is 18.2 Å². The summed E-state index contributed by atoms with van der Waals surface area (Å²) in [7, 11) is 0. The predicted octanol–water partition coefficient (Wildman–Crippen LogP) is 3.43. The third-order valence-corrected chi connectivity index (χ3v) is 3.20. The van der Waals surface area contributed by atoms with Crippen molar-refractivity contribution in [2.45, 2.75) is 20.6 Å². The molecule has 0 unspecified atom stereocenters. The lowest BCUT2D eigenvalue weighted by Gasteiger charge is -2.09. The summed E-state index contributed by atoms with van der Waals surface area (Å²) in [6.07, 6.45) is 0. The van der Waals surface area contributed by atoms with Gasteiger partial charge in [-0.15, -0.1) is 0 Å². The normalized spacial score (nSPS) is 10.7. The van der Waals surface area contributed by atoms with Gasteiger partial charge in [-0.05, 0) is 32.0 Å². The van der Waals surface area contributed by atoms with Gasteiger partial charge in [0, 0.05) is 5.02 Å². The number of ether oxygens (including phenoxy) is 1. The lowest BCUT2D eigenvalue weighted by atomic mass is 10.3.